The third kappa shape index (κ3) is 6.10. The van der Waals surface area contributed by atoms with E-state index in [4.69, 9.17) is 16.3 Å². The van der Waals surface area contributed by atoms with Gasteiger partial charge in [-0.25, -0.2) is 4.99 Å². The van der Waals surface area contributed by atoms with E-state index in [9.17, 15) is 0 Å². The number of piperidine rings is 1. The van der Waals surface area contributed by atoms with E-state index in [0.717, 1.165) is 59.1 Å². The van der Waals surface area contributed by atoms with Crippen LogP contribution in [0.3, 0.4) is 0 Å². The number of likely N-dealkylation sites (tertiary alicyclic amines) is 1. The van der Waals surface area contributed by atoms with Gasteiger partial charge in [-0.05, 0) is 91.9 Å². The van der Waals surface area contributed by atoms with Gasteiger partial charge >= 0.3 is 0 Å². The summed E-state index contributed by atoms with van der Waals surface area (Å²) in [5.74, 6) is 7.31. The third-order valence-electron chi connectivity index (χ3n) is 5.57. The van der Waals surface area contributed by atoms with Gasteiger partial charge in [-0.3, -0.25) is 4.90 Å². The molecule has 0 radical (unpaired) electrons. The minimum Gasteiger partial charge on any atom is -0.489 e. The molecular formula is C27H27ClN2O. The van der Waals surface area contributed by atoms with Gasteiger partial charge in [0.2, 0.25) is 0 Å². The smallest absolute Gasteiger partial charge is 0.119 e. The van der Waals surface area contributed by atoms with Crippen LogP contribution in [-0.4, -0.2) is 36.9 Å². The molecule has 4 rings (SSSR count). The zero-order chi connectivity index (χ0) is 21.5. The van der Waals surface area contributed by atoms with Crippen LogP contribution < -0.4 is 4.74 Å². The molecular weight excluding hydrogens is 404 g/mol. The Kier molecular flexibility index (Phi) is 7.25. The molecule has 0 spiro atoms. The van der Waals surface area contributed by atoms with Gasteiger partial charge < -0.3 is 4.74 Å². The highest BCUT2D eigenvalue weighted by atomic mass is 35.5. The second kappa shape index (κ2) is 10.5. The van der Waals surface area contributed by atoms with Crippen molar-refractivity contribution in [3.8, 4) is 17.6 Å². The number of rotatable bonds is 4. The van der Waals surface area contributed by atoms with Crippen molar-refractivity contribution in [2.24, 2.45) is 4.99 Å². The normalized spacial score (nSPS) is 19.0. The Bertz CT molecular complexity index is 1040. The maximum absolute atomic E-state index is 6.17. The van der Waals surface area contributed by atoms with Gasteiger partial charge in [0.05, 0.1) is 0 Å². The predicted octanol–water partition coefficient (Wildman–Crippen LogP) is 6.00. The number of hydrogen-bond donors (Lipinski definition) is 0. The van der Waals surface area contributed by atoms with Crippen molar-refractivity contribution in [3.63, 3.8) is 0 Å². The van der Waals surface area contributed by atoms with Gasteiger partial charge in [0.25, 0.3) is 0 Å². The average molecular weight is 431 g/mol. The van der Waals surface area contributed by atoms with Crippen LogP contribution in [0.5, 0.6) is 5.75 Å². The van der Waals surface area contributed by atoms with Crippen molar-refractivity contribution < 1.29 is 4.74 Å². The van der Waals surface area contributed by atoms with E-state index in [1.165, 1.54) is 13.0 Å². The van der Waals surface area contributed by atoms with Crippen molar-refractivity contribution in [1.82, 2.24) is 4.90 Å². The van der Waals surface area contributed by atoms with Crippen molar-refractivity contribution in [1.29, 1.82) is 0 Å². The number of likely N-dealkylation sites (N-methyl/N-ethyl adjacent to an activating group) is 1. The molecule has 0 saturated carbocycles. The molecule has 2 heterocycles. The summed E-state index contributed by atoms with van der Waals surface area (Å²) in [6.45, 7) is 5.48. The van der Waals surface area contributed by atoms with E-state index >= 15 is 0 Å². The molecule has 0 aromatic heterocycles. The summed E-state index contributed by atoms with van der Waals surface area (Å²) in [5.41, 5.74) is 3.92. The summed E-state index contributed by atoms with van der Waals surface area (Å²) in [6, 6.07) is 15.9. The largest absolute Gasteiger partial charge is 0.489 e. The van der Waals surface area contributed by atoms with E-state index in [1.807, 2.05) is 60.8 Å². The first-order valence-electron chi connectivity index (χ1n) is 10.9. The molecule has 2 aromatic rings. The van der Waals surface area contributed by atoms with Crippen molar-refractivity contribution in [2.75, 3.05) is 19.6 Å². The first-order chi connectivity index (χ1) is 15.2. The molecule has 2 aliphatic rings. The highest BCUT2D eigenvalue weighted by Gasteiger charge is 2.19. The number of allylic oxidation sites excluding steroid dienone is 4. The van der Waals surface area contributed by atoms with Crippen LogP contribution in [-0.2, 0) is 0 Å². The van der Waals surface area contributed by atoms with Gasteiger partial charge in [0.15, 0.2) is 0 Å². The topological polar surface area (TPSA) is 24.8 Å². The number of nitrogens with zero attached hydrogens (tertiary/aromatic N) is 2. The lowest BCUT2D eigenvalue weighted by Crippen LogP contribution is -2.40. The molecule has 0 aliphatic carbocycles. The molecule has 1 saturated heterocycles. The summed E-state index contributed by atoms with van der Waals surface area (Å²) < 4.78 is 6.17. The highest BCUT2D eigenvalue weighted by Crippen LogP contribution is 2.21. The summed E-state index contributed by atoms with van der Waals surface area (Å²) in [6.07, 6.45) is 9.47. The van der Waals surface area contributed by atoms with Gasteiger partial charge in [-0.15, -0.1) is 0 Å². The average Bonchev–Trinajstić information content (AvgIpc) is 3.05. The Labute approximate surface area is 190 Å². The molecule has 0 N–H and O–H groups in total. The maximum Gasteiger partial charge on any atom is 0.119 e. The zero-order valence-electron chi connectivity index (χ0n) is 17.9. The van der Waals surface area contributed by atoms with Crippen LogP contribution in [0, 0.1) is 11.8 Å². The highest BCUT2D eigenvalue weighted by molar-refractivity contribution is 6.30. The van der Waals surface area contributed by atoms with Crippen molar-refractivity contribution in [3.05, 3.63) is 82.5 Å². The van der Waals surface area contributed by atoms with Gasteiger partial charge in [0, 0.05) is 23.3 Å². The fourth-order valence-corrected chi connectivity index (χ4v) is 3.93. The summed E-state index contributed by atoms with van der Waals surface area (Å²) in [5, 5.41) is 0.734. The summed E-state index contributed by atoms with van der Waals surface area (Å²) in [4.78, 5) is 7.01. The van der Waals surface area contributed by atoms with Crippen LogP contribution in [0.15, 0.2) is 71.4 Å². The van der Waals surface area contributed by atoms with Crippen molar-refractivity contribution in [2.45, 2.75) is 32.3 Å². The predicted molar refractivity (Wildman–Crippen MR) is 130 cm³/mol. The Morgan fingerprint density at radius 1 is 1.06 bits per heavy atom. The molecule has 4 heteroatoms. The van der Waals surface area contributed by atoms with E-state index in [1.54, 1.807) is 0 Å². The first-order valence-corrected chi connectivity index (χ1v) is 11.3. The Hall–Kier alpha value is -2.80. The quantitative estimate of drug-likeness (QED) is 0.556. The standard InChI is InChI=1S/C27H27ClN2O/c1-2-30-18-4-7-27(20-30)31-26-16-9-21(10-17-26)8-15-25-6-3-5-23(19-29-25)22-11-13-24(28)14-12-22/h5-6,9-14,16-17,19,27H,2-4,7,18,20H2,1H3. The number of aliphatic imine (C=N–C) groups is 1. The van der Waals surface area contributed by atoms with E-state index in [0.29, 0.717) is 0 Å². The number of ether oxygens (including phenoxy) is 1. The summed E-state index contributed by atoms with van der Waals surface area (Å²) in [7, 11) is 0. The number of benzene rings is 2. The van der Waals surface area contributed by atoms with Gasteiger partial charge in [-0.1, -0.05) is 42.7 Å². The molecule has 158 valence electrons. The van der Waals surface area contributed by atoms with Crippen molar-refractivity contribution >= 4 is 23.4 Å². The molecule has 3 nitrogen and oxygen atoms in total. The summed E-state index contributed by atoms with van der Waals surface area (Å²) >= 11 is 5.98. The minimum atomic E-state index is 0.276. The zero-order valence-corrected chi connectivity index (χ0v) is 18.6. The first kappa shape index (κ1) is 21.4. The lowest BCUT2D eigenvalue weighted by molar-refractivity contribution is 0.0920. The van der Waals surface area contributed by atoms with Crippen LogP contribution in [0.25, 0.3) is 5.57 Å². The van der Waals surface area contributed by atoms with Crippen LogP contribution in [0.2, 0.25) is 5.02 Å². The van der Waals surface area contributed by atoms with Crippen LogP contribution in [0.1, 0.15) is 37.3 Å². The SMILES string of the molecule is CCN1CCCC(Oc2ccc(C#CC3=CCC=C(c4ccc(Cl)cc4)C=N3)cc2)C1. The second-order valence-electron chi connectivity index (χ2n) is 7.80. The monoisotopic (exact) mass is 430 g/mol. The Balaban J connectivity index is 1.36. The molecule has 1 unspecified atom stereocenters. The van der Waals surface area contributed by atoms with Crippen LogP contribution in [0.4, 0.5) is 0 Å². The van der Waals surface area contributed by atoms with E-state index in [-0.39, 0.29) is 6.10 Å². The minimum absolute atomic E-state index is 0.276. The molecule has 0 amide bonds. The van der Waals surface area contributed by atoms with E-state index < -0.39 is 0 Å². The fraction of sp³-hybridized carbons (Fsp3) is 0.296. The molecule has 2 aromatic carbocycles. The fourth-order valence-electron chi connectivity index (χ4n) is 3.80. The lowest BCUT2D eigenvalue weighted by atomic mass is 10.1. The molecule has 1 fully saturated rings. The van der Waals surface area contributed by atoms with Gasteiger partial charge in [0.1, 0.15) is 17.6 Å². The molecule has 0 bridgehead atoms. The Morgan fingerprint density at radius 3 is 2.65 bits per heavy atom. The number of hydrogen-bond acceptors (Lipinski definition) is 3. The second-order valence-corrected chi connectivity index (χ2v) is 8.24. The van der Waals surface area contributed by atoms with Gasteiger partial charge in [-0.2, -0.15) is 0 Å². The van der Waals surface area contributed by atoms with Crippen LogP contribution >= 0.6 is 11.6 Å². The third-order valence-corrected chi connectivity index (χ3v) is 5.82. The molecule has 1 atom stereocenters. The number of halogens is 1. The maximum atomic E-state index is 6.17. The molecule has 31 heavy (non-hydrogen) atoms. The Morgan fingerprint density at radius 2 is 1.87 bits per heavy atom. The molecule has 2 aliphatic heterocycles. The van der Waals surface area contributed by atoms with E-state index in [2.05, 4.69) is 34.7 Å². The lowest BCUT2D eigenvalue weighted by Gasteiger charge is -2.31.